The third-order valence-corrected chi connectivity index (χ3v) is 3.39. The summed E-state index contributed by atoms with van der Waals surface area (Å²) >= 11 is 1.57. The second kappa shape index (κ2) is 4.58. The molecule has 0 spiro atoms. The normalized spacial score (nSPS) is 16.8. The Labute approximate surface area is 108 Å². The maximum atomic E-state index is 11.7. The molecule has 0 fully saturated rings. The first kappa shape index (κ1) is 10.9. The zero-order valence-electron chi connectivity index (χ0n) is 9.37. The molecule has 18 heavy (non-hydrogen) atoms. The number of carbonyl (C=O) groups excluding carboxylic acids is 1. The topological polar surface area (TPSA) is 38.7 Å². The van der Waals surface area contributed by atoms with Gasteiger partial charge in [-0.15, -0.1) is 11.3 Å². The van der Waals surface area contributed by atoms with Crippen molar-refractivity contribution in [2.24, 2.45) is 5.16 Å². The van der Waals surface area contributed by atoms with Gasteiger partial charge in [-0.3, -0.25) is 0 Å². The highest BCUT2D eigenvalue weighted by Crippen LogP contribution is 2.22. The minimum atomic E-state index is -0.401. The Balaban J connectivity index is 2.03. The maximum Gasteiger partial charge on any atom is 0.368 e. The second-order valence-electron chi connectivity index (χ2n) is 3.76. The number of hydrogen-bond acceptors (Lipinski definition) is 4. The number of carbonyl (C=O) groups is 1. The zero-order chi connectivity index (χ0) is 12.4. The van der Waals surface area contributed by atoms with Gasteiger partial charge in [-0.05, 0) is 17.5 Å². The van der Waals surface area contributed by atoms with Crippen LogP contribution in [0, 0.1) is 0 Å². The second-order valence-corrected chi connectivity index (χ2v) is 4.74. The van der Waals surface area contributed by atoms with Crippen molar-refractivity contribution in [3.63, 3.8) is 0 Å². The van der Waals surface area contributed by atoms with Gasteiger partial charge >= 0.3 is 5.97 Å². The lowest BCUT2D eigenvalue weighted by Crippen LogP contribution is -2.06. The molecule has 2 aromatic rings. The molecule has 88 valence electrons. The third-order valence-electron chi connectivity index (χ3n) is 2.57. The van der Waals surface area contributed by atoms with Crippen molar-refractivity contribution in [1.29, 1.82) is 0 Å². The molecule has 0 saturated heterocycles. The van der Waals surface area contributed by atoms with Gasteiger partial charge in [-0.2, -0.15) is 0 Å². The van der Waals surface area contributed by atoms with Gasteiger partial charge in [0.15, 0.2) is 0 Å². The van der Waals surface area contributed by atoms with E-state index in [0.717, 1.165) is 10.4 Å². The molecule has 1 aromatic heterocycles. The van der Waals surface area contributed by atoms with Crippen molar-refractivity contribution in [2.45, 2.75) is 0 Å². The first-order valence-electron chi connectivity index (χ1n) is 5.45. The van der Waals surface area contributed by atoms with E-state index in [1.807, 2.05) is 53.9 Å². The number of thiophene rings is 1. The molecule has 1 aromatic carbocycles. The lowest BCUT2D eigenvalue weighted by Gasteiger charge is -1.98. The standard InChI is InChI=1S/C14H9NO2S/c16-14-12(9-11-7-4-8-18-11)13(15-17-14)10-5-2-1-3-6-10/h1-9H. The van der Waals surface area contributed by atoms with Crippen molar-refractivity contribution in [1.82, 2.24) is 0 Å². The minimum absolute atomic E-state index is 0.401. The number of hydrogen-bond donors (Lipinski definition) is 0. The highest BCUT2D eigenvalue weighted by atomic mass is 32.1. The summed E-state index contributed by atoms with van der Waals surface area (Å²) in [6, 6.07) is 13.4. The lowest BCUT2D eigenvalue weighted by molar-refractivity contribution is -0.136. The SMILES string of the molecule is O=C1ON=C(c2ccccc2)C1=Cc1cccs1. The van der Waals surface area contributed by atoms with E-state index in [2.05, 4.69) is 5.16 Å². The summed E-state index contributed by atoms with van der Waals surface area (Å²) in [5.74, 6) is -0.401. The van der Waals surface area contributed by atoms with E-state index in [0.29, 0.717) is 11.3 Å². The van der Waals surface area contributed by atoms with E-state index < -0.39 is 5.97 Å². The van der Waals surface area contributed by atoms with Crippen molar-refractivity contribution in [2.75, 3.05) is 0 Å². The largest absolute Gasteiger partial charge is 0.368 e. The van der Waals surface area contributed by atoms with Gasteiger partial charge in [0.1, 0.15) is 5.71 Å². The fraction of sp³-hybridized carbons (Fsp3) is 0. The molecular weight excluding hydrogens is 246 g/mol. The van der Waals surface area contributed by atoms with Gasteiger partial charge < -0.3 is 4.84 Å². The Kier molecular flexibility index (Phi) is 2.78. The van der Waals surface area contributed by atoms with Crippen LogP contribution in [-0.4, -0.2) is 11.7 Å². The Morgan fingerprint density at radius 3 is 2.67 bits per heavy atom. The quantitative estimate of drug-likeness (QED) is 0.611. The zero-order valence-corrected chi connectivity index (χ0v) is 10.2. The van der Waals surface area contributed by atoms with Crippen LogP contribution in [0.2, 0.25) is 0 Å². The fourth-order valence-corrected chi connectivity index (χ4v) is 2.39. The van der Waals surface area contributed by atoms with Gasteiger partial charge in [0.25, 0.3) is 0 Å². The van der Waals surface area contributed by atoms with Crippen LogP contribution in [0.3, 0.4) is 0 Å². The number of rotatable bonds is 2. The van der Waals surface area contributed by atoms with Crippen molar-refractivity contribution in [3.8, 4) is 0 Å². The van der Waals surface area contributed by atoms with Gasteiger partial charge in [0.05, 0.1) is 5.57 Å². The van der Waals surface area contributed by atoms with Crippen LogP contribution in [0.5, 0.6) is 0 Å². The number of oxime groups is 1. The summed E-state index contributed by atoms with van der Waals surface area (Å²) in [5.41, 5.74) is 1.98. The average Bonchev–Trinajstić information content (AvgIpc) is 3.03. The first-order chi connectivity index (χ1) is 8.84. The Morgan fingerprint density at radius 1 is 1.11 bits per heavy atom. The van der Waals surface area contributed by atoms with Crippen LogP contribution in [-0.2, 0) is 9.63 Å². The summed E-state index contributed by atoms with van der Waals surface area (Å²) in [4.78, 5) is 17.5. The Hall–Kier alpha value is -2.20. The summed E-state index contributed by atoms with van der Waals surface area (Å²) in [6.45, 7) is 0. The molecule has 0 radical (unpaired) electrons. The van der Waals surface area contributed by atoms with Crippen LogP contribution in [0.4, 0.5) is 0 Å². The molecule has 0 atom stereocenters. The highest BCUT2D eigenvalue weighted by molar-refractivity contribution is 7.10. The van der Waals surface area contributed by atoms with Crippen LogP contribution < -0.4 is 0 Å². The van der Waals surface area contributed by atoms with E-state index >= 15 is 0 Å². The molecule has 2 heterocycles. The molecule has 1 aliphatic rings. The summed E-state index contributed by atoms with van der Waals surface area (Å²) in [6.07, 6.45) is 1.81. The molecule has 0 bridgehead atoms. The molecule has 0 N–H and O–H groups in total. The molecule has 4 heteroatoms. The molecule has 0 amide bonds. The summed E-state index contributed by atoms with van der Waals surface area (Å²) < 4.78 is 0. The molecule has 3 nitrogen and oxygen atoms in total. The predicted molar refractivity (Wildman–Crippen MR) is 71.4 cm³/mol. The molecule has 0 saturated carbocycles. The molecule has 1 aliphatic heterocycles. The molecule has 3 rings (SSSR count). The number of benzene rings is 1. The third kappa shape index (κ3) is 1.98. The fourth-order valence-electron chi connectivity index (χ4n) is 1.73. The number of nitrogens with zero attached hydrogens (tertiary/aromatic N) is 1. The van der Waals surface area contributed by atoms with Crippen molar-refractivity contribution in [3.05, 3.63) is 63.9 Å². The average molecular weight is 255 g/mol. The minimum Gasteiger partial charge on any atom is -0.312 e. The molecule has 0 aliphatic carbocycles. The van der Waals surface area contributed by atoms with E-state index in [-0.39, 0.29) is 0 Å². The van der Waals surface area contributed by atoms with E-state index in [1.54, 1.807) is 11.3 Å². The maximum absolute atomic E-state index is 11.7. The Bertz CT molecular complexity index is 627. The summed E-state index contributed by atoms with van der Waals surface area (Å²) in [5, 5.41) is 5.82. The first-order valence-corrected chi connectivity index (χ1v) is 6.33. The molecular formula is C14H9NO2S. The van der Waals surface area contributed by atoms with Crippen molar-refractivity contribution < 1.29 is 9.63 Å². The monoisotopic (exact) mass is 255 g/mol. The van der Waals surface area contributed by atoms with Gasteiger partial charge in [-0.25, -0.2) is 4.79 Å². The van der Waals surface area contributed by atoms with Gasteiger partial charge in [0.2, 0.25) is 0 Å². The van der Waals surface area contributed by atoms with Crippen molar-refractivity contribution >= 4 is 29.1 Å². The molecule has 0 unspecified atom stereocenters. The summed E-state index contributed by atoms with van der Waals surface area (Å²) in [7, 11) is 0. The highest BCUT2D eigenvalue weighted by Gasteiger charge is 2.26. The Morgan fingerprint density at radius 2 is 1.94 bits per heavy atom. The van der Waals surface area contributed by atoms with Gasteiger partial charge in [0, 0.05) is 10.4 Å². The van der Waals surface area contributed by atoms with Crippen LogP contribution >= 0.6 is 11.3 Å². The van der Waals surface area contributed by atoms with Crippen LogP contribution in [0.1, 0.15) is 10.4 Å². The van der Waals surface area contributed by atoms with Gasteiger partial charge in [-0.1, -0.05) is 41.6 Å². The van der Waals surface area contributed by atoms with Crippen LogP contribution in [0.15, 0.2) is 58.6 Å². The van der Waals surface area contributed by atoms with E-state index in [9.17, 15) is 4.79 Å². The lowest BCUT2D eigenvalue weighted by atomic mass is 10.0. The van der Waals surface area contributed by atoms with Crippen LogP contribution in [0.25, 0.3) is 6.08 Å². The van der Waals surface area contributed by atoms with E-state index in [4.69, 9.17) is 4.84 Å². The smallest absolute Gasteiger partial charge is 0.312 e. The predicted octanol–water partition coefficient (Wildman–Crippen LogP) is 3.09. The van der Waals surface area contributed by atoms with E-state index in [1.165, 1.54) is 0 Å².